The molecule has 10 nitrogen and oxygen atoms in total. The molecule has 0 aliphatic heterocycles. The van der Waals surface area contributed by atoms with Gasteiger partial charge in [-0.2, -0.15) is 0 Å². The van der Waals surface area contributed by atoms with E-state index in [9.17, 15) is 19.8 Å². The molecule has 0 bridgehead atoms. The van der Waals surface area contributed by atoms with Crippen molar-refractivity contribution in [2.24, 2.45) is 0 Å². The molecule has 0 saturated heterocycles. The molecule has 0 radical (unpaired) electrons. The molecular weight excluding hydrogens is 512 g/mol. The Hall–Kier alpha value is -5.12. The Balaban J connectivity index is 1.50. The average Bonchev–Trinajstić information content (AvgIpc) is 3.40. The normalized spacial score (nSPS) is 11.1. The molecule has 0 unspecified atom stereocenters. The van der Waals surface area contributed by atoms with Crippen LogP contribution in [0.3, 0.4) is 0 Å². The minimum Gasteiger partial charge on any atom is -0.504 e. The molecule has 5 aromatic rings. The number of phenolic OH excluding ortho intramolecular Hbond substituents is 2. The zero-order valence-corrected chi connectivity index (χ0v) is 22.0. The lowest BCUT2D eigenvalue weighted by molar-refractivity contribution is 0.388. The molecule has 2 aromatic heterocycles. The highest BCUT2D eigenvalue weighted by Gasteiger charge is 2.19. The van der Waals surface area contributed by atoms with E-state index >= 15 is 0 Å². The summed E-state index contributed by atoms with van der Waals surface area (Å²) in [4.78, 5) is 32.6. The molecule has 0 saturated carbocycles. The van der Waals surface area contributed by atoms with Crippen molar-refractivity contribution in [1.29, 1.82) is 0 Å². The van der Waals surface area contributed by atoms with Crippen molar-refractivity contribution in [1.82, 2.24) is 19.7 Å². The van der Waals surface area contributed by atoms with Crippen molar-refractivity contribution < 1.29 is 19.5 Å². The standard InChI is InChI=1S/C30H28N4O6/c1-3-7-26-31-23(4-2)27(39-20-14-15-24(35)25(36)16-20)29(37)34(26)17-18-10-12-19(13-11-18)21-8-5-6-9-22(21)28-32-30(38)40-33-28/h5-6,8-16,35-36H,3-4,7,17H2,1-2H3,(H,32,33,38). The monoisotopic (exact) mass is 540 g/mol. The second-order valence-corrected chi connectivity index (χ2v) is 9.24. The Labute approximate surface area is 229 Å². The minimum absolute atomic E-state index is 0.0830. The largest absolute Gasteiger partial charge is 0.504 e. The lowest BCUT2D eigenvalue weighted by Gasteiger charge is -2.17. The Morgan fingerprint density at radius 3 is 2.35 bits per heavy atom. The molecule has 3 N–H and O–H groups in total. The summed E-state index contributed by atoms with van der Waals surface area (Å²) in [7, 11) is 0. The maximum Gasteiger partial charge on any atom is 0.439 e. The van der Waals surface area contributed by atoms with Crippen LogP contribution in [0, 0.1) is 0 Å². The van der Waals surface area contributed by atoms with Gasteiger partial charge in [0.2, 0.25) is 5.75 Å². The Bertz CT molecular complexity index is 1770. The van der Waals surface area contributed by atoms with Gasteiger partial charge in [-0.15, -0.1) is 0 Å². The molecular formula is C30H28N4O6. The van der Waals surface area contributed by atoms with Crippen LogP contribution in [0.4, 0.5) is 0 Å². The first-order valence-electron chi connectivity index (χ1n) is 12.9. The van der Waals surface area contributed by atoms with Crippen LogP contribution in [0.25, 0.3) is 22.5 Å². The fourth-order valence-electron chi connectivity index (χ4n) is 4.49. The first-order chi connectivity index (χ1) is 19.4. The number of nitrogens with one attached hydrogen (secondary N) is 1. The van der Waals surface area contributed by atoms with Crippen LogP contribution < -0.4 is 16.1 Å². The van der Waals surface area contributed by atoms with Gasteiger partial charge < -0.3 is 14.9 Å². The second kappa shape index (κ2) is 11.3. The quantitative estimate of drug-likeness (QED) is 0.221. The third-order valence-corrected chi connectivity index (χ3v) is 6.48. The van der Waals surface area contributed by atoms with Gasteiger partial charge in [0, 0.05) is 18.1 Å². The molecule has 0 fully saturated rings. The first-order valence-corrected chi connectivity index (χ1v) is 12.9. The number of rotatable bonds is 9. The van der Waals surface area contributed by atoms with Gasteiger partial charge in [0.05, 0.1) is 12.2 Å². The van der Waals surface area contributed by atoms with Crippen LogP contribution in [0.1, 0.15) is 37.4 Å². The molecule has 3 aromatic carbocycles. The number of hydrogen-bond donors (Lipinski definition) is 3. The van der Waals surface area contributed by atoms with Gasteiger partial charge in [0.25, 0.3) is 5.56 Å². The first kappa shape index (κ1) is 26.5. The number of aromatic amines is 1. The molecule has 2 heterocycles. The molecule has 5 rings (SSSR count). The van der Waals surface area contributed by atoms with Crippen LogP contribution >= 0.6 is 0 Å². The van der Waals surface area contributed by atoms with Crippen LogP contribution in [-0.2, 0) is 19.4 Å². The molecule has 0 atom stereocenters. The number of aryl methyl sites for hydroxylation is 2. The van der Waals surface area contributed by atoms with Gasteiger partial charge >= 0.3 is 5.76 Å². The summed E-state index contributed by atoms with van der Waals surface area (Å²) in [5, 5.41) is 23.3. The maximum atomic E-state index is 13.7. The molecule has 0 amide bonds. The summed E-state index contributed by atoms with van der Waals surface area (Å²) in [6.07, 6.45) is 1.91. The average molecular weight is 541 g/mol. The van der Waals surface area contributed by atoms with Crippen LogP contribution in [0.15, 0.2) is 80.8 Å². The highest BCUT2D eigenvalue weighted by molar-refractivity contribution is 5.80. The fraction of sp³-hybridized carbons (Fsp3) is 0.200. The Morgan fingerprint density at radius 2 is 1.70 bits per heavy atom. The SMILES string of the molecule is CCCc1nc(CC)c(Oc2ccc(O)c(O)c2)c(=O)n1Cc1ccc(-c2ccccc2-c2noc(=O)[nH]2)cc1. The van der Waals surface area contributed by atoms with Crippen molar-refractivity contribution in [3.63, 3.8) is 0 Å². The predicted molar refractivity (Wildman–Crippen MR) is 149 cm³/mol. The third-order valence-electron chi connectivity index (χ3n) is 6.48. The van der Waals surface area contributed by atoms with Crippen molar-refractivity contribution in [3.05, 3.63) is 105 Å². The summed E-state index contributed by atoms with van der Waals surface area (Å²) in [6.45, 7) is 4.20. The van der Waals surface area contributed by atoms with Crippen molar-refractivity contribution in [2.75, 3.05) is 0 Å². The number of hydrogen-bond acceptors (Lipinski definition) is 8. The lowest BCUT2D eigenvalue weighted by Crippen LogP contribution is -2.28. The zero-order chi connectivity index (χ0) is 28.2. The van der Waals surface area contributed by atoms with Crippen LogP contribution in [-0.4, -0.2) is 29.9 Å². The van der Waals surface area contributed by atoms with E-state index in [1.807, 2.05) is 62.4 Å². The predicted octanol–water partition coefficient (Wildman–Crippen LogP) is 5.02. The lowest BCUT2D eigenvalue weighted by atomic mass is 9.98. The molecule has 204 valence electrons. The molecule has 0 aliphatic carbocycles. The minimum atomic E-state index is -0.623. The van der Waals surface area contributed by atoms with Crippen LogP contribution in [0.2, 0.25) is 0 Å². The highest BCUT2D eigenvalue weighted by Crippen LogP contribution is 2.32. The summed E-state index contributed by atoms with van der Waals surface area (Å²) in [6, 6.07) is 19.3. The Morgan fingerprint density at radius 1 is 0.950 bits per heavy atom. The number of aromatic nitrogens is 4. The topological polar surface area (TPSA) is 143 Å². The van der Waals surface area contributed by atoms with E-state index in [1.54, 1.807) is 4.57 Å². The number of nitrogens with zero attached hydrogens (tertiary/aromatic N) is 3. The summed E-state index contributed by atoms with van der Waals surface area (Å²) in [5.74, 6) is 0.0588. The Kier molecular flexibility index (Phi) is 7.50. The number of H-pyrrole nitrogens is 1. The van der Waals surface area contributed by atoms with E-state index < -0.39 is 5.76 Å². The summed E-state index contributed by atoms with van der Waals surface area (Å²) < 4.78 is 12.2. The summed E-state index contributed by atoms with van der Waals surface area (Å²) >= 11 is 0. The molecule has 10 heteroatoms. The number of ether oxygens (including phenoxy) is 1. The van der Waals surface area contributed by atoms with Crippen molar-refractivity contribution >= 4 is 0 Å². The van der Waals surface area contributed by atoms with E-state index in [0.717, 1.165) is 28.7 Å². The maximum absolute atomic E-state index is 13.7. The van der Waals surface area contributed by atoms with Gasteiger partial charge in [-0.3, -0.25) is 18.9 Å². The van der Waals surface area contributed by atoms with Gasteiger partial charge in [-0.1, -0.05) is 67.5 Å². The van der Waals surface area contributed by atoms with E-state index in [4.69, 9.17) is 9.72 Å². The summed E-state index contributed by atoms with van der Waals surface area (Å²) in [5.41, 5.74) is 3.57. The zero-order valence-electron chi connectivity index (χ0n) is 22.0. The second-order valence-electron chi connectivity index (χ2n) is 9.24. The smallest absolute Gasteiger partial charge is 0.439 e. The van der Waals surface area contributed by atoms with Crippen molar-refractivity contribution in [2.45, 2.75) is 39.7 Å². The van der Waals surface area contributed by atoms with Crippen molar-refractivity contribution in [3.8, 4) is 45.5 Å². The number of benzene rings is 3. The van der Waals surface area contributed by atoms with Gasteiger partial charge in [-0.25, -0.2) is 9.78 Å². The van der Waals surface area contributed by atoms with E-state index in [0.29, 0.717) is 30.2 Å². The number of phenols is 2. The van der Waals surface area contributed by atoms with Gasteiger partial charge in [-0.05, 0) is 41.7 Å². The third kappa shape index (κ3) is 5.37. The van der Waals surface area contributed by atoms with E-state index in [-0.39, 0.29) is 35.1 Å². The number of aromatic hydroxyl groups is 2. The van der Waals surface area contributed by atoms with E-state index in [1.165, 1.54) is 18.2 Å². The fourth-order valence-corrected chi connectivity index (χ4v) is 4.49. The van der Waals surface area contributed by atoms with Crippen LogP contribution in [0.5, 0.6) is 23.0 Å². The molecule has 0 aliphatic rings. The van der Waals surface area contributed by atoms with Gasteiger partial charge in [0.1, 0.15) is 11.6 Å². The van der Waals surface area contributed by atoms with Gasteiger partial charge in [0.15, 0.2) is 17.3 Å². The molecule has 0 spiro atoms. The molecule has 40 heavy (non-hydrogen) atoms. The van der Waals surface area contributed by atoms with E-state index in [2.05, 4.69) is 14.7 Å². The highest BCUT2D eigenvalue weighted by atomic mass is 16.5.